The maximum absolute atomic E-state index is 5.19. The van der Waals surface area contributed by atoms with E-state index in [0.717, 1.165) is 39.4 Å². The lowest BCUT2D eigenvalue weighted by Crippen LogP contribution is -2.01. The van der Waals surface area contributed by atoms with Crippen LogP contribution in [0.5, 0.6) is 0 Å². The first kappa shape index (κ1) is 26.7. The largest absolute Gasteiger partial charge is 0.307 e. The number of fused-ring (bicyclic) bond motifs is 7. The van der Waals surface area contributed by atoms with Gasteiger partial charge in [-0.15, -0.1) is 0 Å². The highest BCUT2D eigenvalue weighted by Crippen LogP contribution is 2.42. The zero-order valence-corrected chi connectivity index (χ0v) is 25.1. The van der Waals surface area contributed by atoms with Crippen molar-refractivity contribution in [3.63, 3.8) is 0 Å². The van der Waals surface area contributed by atoms with Crippen LogP contribution in [0.3, 0.4) is 0 Å². The monoisotopic (exact) mass is 577 g/mol. The van der Waals surface area contributed by atoms with Crippen molar-refractivity contribution in [2.45, 2.75) is 6.92 Å². The first-order chi connectivity index (χ1) is 22.3. The lowest BCUT2D eigenvalue weighted by molar-refractivity contribution is 1.13. The predicted octanol–water partition coefficient (Wildman–Crippen LogP) is 11.1. The van der Waals surface area contributed by atoms with Gasteiger partial charge in [0.2, 0.25) is 0 Å². The first-order valence-corrected chi connectivity index (χ1v) is 15.3. The van der Waals surface area contributed by atoms with Crippen molar-refractivity contribution in [2.75, 3.05) is 0 Å². The van der Waals surface area contributed by atoms with Gasteiger partial charge in [-0.1, -0.05) is 128 Å². The van der Waals surface area contributed by atoms with Crippen LogP contribution in [0.15, 0.2) is 164 Å². The first-order valence-electron chi connectivity index (χ1n) is 15.3. The Morgan fingerprint density at radius 1 is 0.600 bits per heavy atom. The van der Waals surface area contributed by atoms with Crippen LogP contribution in [-0.4, -0.2) is 14.1 Å². The predicted molar refractivity (Wildman–Crippen MR) is 191 cm³/mol. The maximum Gasteiger partial charge on any atom is 0.0788 e. The molecular weight excluding hydrogens is 546 g/mol. The Balaban J connectivity index is 1.57. The summed E-state index contributed by atoms with van der Waals surface area (Å²) in [6.07, 6.45) is 8.00. The van der Waals surface area contributed by atoms with Crippen molar-refractivity contribution in [3.8, 4) is 22.6 Å². The number of rotatable bonds is 6. The molecule has 0 N–H and O–H groups in total. The number of allylic oxidation sites excluding steroid dienone is 5. The molecular formula is C42H31N3. The van der Waals surface area contributed by atoms with E-state index in [1.807, 2.05) is 31.2 Å². The number of para-hydroxylation sites is 3. The van der Waals surface area contributed by atoms with Crippen LogP contribution in [0, 0.1) is 0 Å². The van der Waals surface area contributed by atoms with E-state index in [4.69, 9.17) is 4.98 Å². The lowest BCUT2D eigenvalue weighted by Gasteiger charge is -2.15. The highest BCUT2D eigenvalue weighted by atomic mass is 15.0. The molecule has 0 atom stereocenters. The normalized spacial score (nSPS) is 12.2. The fraction of sp³-hybridized carbons (Fsp3) is 0.0238. The van der Waals surface area contributed by atoms with Crippen molar-refractivity contribution < 1.29 is 0 Å². The third-order valence-electron chi connectivity index (χ3n) is 8.56. The van der Waals surface area contributed by atoms with Crippen molar-refractivity contribution in [1.29, 1.82) is 0 Å². The van der Waals surface area contributed by atoms with Crippen molar-refractivity contribution in [1.82, 2.24) is 14.1 Å². The Morgan fingerprint density at radius 2 is 1.16 bits per heavy atom. The summed E-state index contributed by atoms with van der Waals surface area (Å²) < 4.78 is 4.86. The van der Waals surface area contributed by atoms with E-state index in [1.54, 1.807) is 0 Å². The quantitative estimate of drug-likeness (QED) is 0.180. The van der Waals surface area contributed by atoms with Crippen LogP contribution >= 0.6 is 0 Å². The van der Waals surface area contributed by atoms with Gasteiger partial charge in [-0.2, -0.15) is 0 Å². The van der Waals surface area contributed by atoms with Gasteiger partial charge in [-0.05, 0) is 48.9 Å². The smallest absolute Gasteiger partial charge is 0.0788 e. The van der Waals surface area contributed by atoms with E-state index in [9.17, 15) is 0 Å². The van der Waals surface area contributed by atoms with Crippen LogP contribution in [0.25, 0.3) is 71.8 Å². The average Bonchev–Trinajstić information content (AvgIpc) is 3.62. The molecule has 214 valence electrons. The molecule has 3 heteroatoms. The van der Waals surface area contributed by atoms with E-state index in [2.05, 4.69) is 149 Å². The standard InChI is InChI=1S/C42H31N3/c1-3-15-29(16-4-2)37-27-32(28-38(43-37)30-17-7-5-8-18-30)45-40-24-14-12-22-34(40)36-26-25-35-33-21-11-13-23-39(33)44(41(35)42(36)45)31-19-9-6-10-20-31/h3-28H,1H2,2H3/b16-4-,29-15+. The minimum Gasteiger partial charge on any atom is -0.307 e. The zero-order chi connectivity index (χ0) is 30.3. The summed E-state index contributed by atoms with van der Waals surface area (Å²) in [5, 5.41) is 4.90. The highest BCUT2D eigenvalue weighted by molar-refractivity contribution is 6.23. The summed E-state index contributed by atoms with van der Waals surface area (Å²) in [5.74, 6) is 0. The Kier molecular flexibility index (Phi) is 6.50. The molecule has 8 rings (SSSR count). The summed E-state index contributed by atoms with van der Waals surface area (Å²) in [4.78, 5) is 5.19. The number of nitrogens with zero attached hydrogens (tertiary/aromatic N) is 3. The molecule has 0 saturated carbocycles. The fourth-order valence-corrected chi connectivity index (χ4v) is 6.70. The lowest BCUT2D eigenvalue weighted by atomic mass is 10.1. The minimum atomic E-state index is 0.895. The van der Waals surface area contributed by atoms with Gasteiger partial charge in [0.25, 0.3) is 0 Å². The van der Waals surface area contributed by atoms with Crippen molar-refractivity contribution >= 4 is 49.2 Å². The Bertz CT molecular complexity index is 2440. The van der Waals surface area contributed by atoms with Gasteiger partial charge in [-0.25, -0.2) is 4.98 Å². The second-order valence-electron chi connectivity index (χ2n) is 11.2. The maximum atomic E-state index is 5.19. The molecule has 5 aromatic carbocycles. The topological polar surface area (TPSA) is 22.8 Å². The summed E-state index contributed by atoms with van der Waals surface area (Å²) in [6.45, 7) is 6.02. The van der Waals surface area contributed by atoms with Gasteiger partial charge in [0.1, 0.15) is 0 Å². The molecule has 0 aliphatic rings. The second kappa shape index (κ2) is 11.0. The third-order valence-corrected chi connectivity index (χ3v) is 8.56. The van der Waals surface area contributed by atoms with E-state index < -0.39 is 0 Å². The van der Waals surface area contributed by atoms with E-state index in [-0.39, 0.29) is 0 Å². The van der Waals surface area contributed by atoms with E-state index >= 15 is 0 Å². The van der Waals surface area contributed by atoms with Gasteiger partial charge in [-0.3, -0.25) is 0 Å². The number of hydrogen-bond acceptors (Lipinski definition) is 1. The molecule has 0 radical (unpaired) electrons. The van der Waals surface area contributed by atoms with Crippen molar-refractivity contribution in [2.24, 2.45) is 0 Å². The SMILES string of the molecule is C=C/C=C(\C=C/C)c1cc(-n2c3ccccc3c3ccc4c5ccccc5n(-c5ccccc5)c4c32)cc(-c2ccccc2)n1. The highest BCUT2D eigenvalue weighted by Gasteiger charge is 2.22. The van der Waals surface area contributed by atoms with Crippen LogP contribution in [0.2, 0.25) is 0 Å². The van der Waals surface area contributed by atoms with E-state index in [0.29, 0.717) is 0 Å². The molecule has 0 unspecified atom stereocenters. The number of benzene rings is 5. The molecule has 3 heterocycles. The molecule has 0 spiro atoms. The molecule has 0 aliphatic carbocycles. The Morgan fingerprint density at radius 3 is 1.76 bits per heavy atom. The van der Waals surface area contributed by atoms with Gasteiger partial charge < -0.3 is 9.13 Å². The van der Waals surface area contributed by atoms with Crippen LogP contribution in [-0.2, 0) is 0 Å². The van der Waals surface area contributed by atoms with Gasteiger partial charge >= 0.3 is 0 Å². The summed E-state index contributed by atoms with van der Waals surface area (Å²) >= 11 is 0. The molecule has 0 saturated heterocycles. The number of aromatic nitrogens is 3. The Hall–Kier alpha value is -5.93. The molecule has 0 aliphatic heterocycles. The summed E-state index contributed by atoms with van der Waals surface area (Å²) in [7, 11) is 0. The molecule has 0 amide bonds. The number of hydrogen-bond donors (Lipinski definition) is 0. The van der Waals surface area contributed by atoms with Gasteiger partial charge in [0.15, 0.2) is 0 Å². The fourth-order valence-electron chi connectivity index (χ4n) is 6.70. The molecule has 3 aromatic heterocycles. The molecule has 0 bridgehead atoms. The Labute approximate surface area is 262 Å². The van der Waals surface area contributed by atoms with Crippen LogP contribution < -0.4 is 0 Å². The average molecular weight is 578 g/mol. The van der Waals surface area contributed by atoms with E-state index in [1.165, 1.54) is 38.1 Å². The minimum absolute atomic E-state index is 0.895. The van der Waals surface area contributed by atoms with Crippen molar-refractivity contribution in [3.05, 3.63) is 170 Å². The molecule has 8 aromatic rings. The molecule has 3 nitrogen and oxygen atoms in total. The molecule has 45 heavy (non-hydrogen) atoms. The second-order valence-corrected chi connectivity index (χ2v) is 11.2. The van der Waals surface area contributed by atoms with Crippen LogP contribution in [0.4, 0.5) is 0 Å². The summed E-state index contributed by atoms with van der Waals surface area (Å²) in [6, 6.07) is 47.6. The number of pyridine rings is 1. The zero-order valence-electron chi connectivity index (χ0n) is 25.1. The van der Waals surface area contributed by atoms with Gasteiger partial charge in [0, 0.05) is 32.8 Å². The third kappa shape index (κ3) is 4.32. The summed E-state index contributed by atoms with van der Waals surface area (Å²) in [5.41, 5.74) is 10.8. The molecule has 0 fully saturated rings. The van der Waals surface area contributed by atoms with Crippen LogP contribution in [0.1, 0.15) is 12.6 Å². The van der Waals surface area contributed by atoms with Gasteiger partial charge in [0.05, 0.1) is 39.1 Å².